The summed E-state index contributed by atoms with van der Waals surface area (Å²) in [5, 5.41) is 0. The maximum absolute atomic E-state index is 12.9. The number of fused-ring (bicyclic) bond motifs is 1. The number of carbonyl (C=O) groups excluding carboxylic acids is 1. The molecule has 2 saturated heterocycles. The van der Waals surface area contributed by atoms with Crippen LogP contribution in [0.4, 0.5) is 0 Å². The predicted molar refractivity (Wildman–Crippen MR) is 105 cm³/mol. The summed E-state index contributed by atoms with van der Waals surface area (Å²) in [6, 6.07) is 20.7. The van der Waals surface area contributed by atoms with Crippen LogP contribution in [-0.4, -0.2) is 51.3 Å². The van der Waals surface area contributed by atoms with Crippen molar-refractivity contribution in [3.8, 4) is 0 Å². The molecule has 0 radical (unpaired) electrons. The van der Waals surface area contributed by atoms with Gasteiger partial charge in [0.1, 0.15) is 44.7 Å². The highest BCUT2D eigenvalue weighted by Gasteiger charge is 2.36. The third kappa shape index (κ3) is 4.40. The van der Waals surface area contributed by atoms with Crippen molar-refractivity contribution >= 4 is 5.97 Å². The number of nitrogens with one attached hydrogen (secondary N) is 2. The normalized spacial score (nSPS) is 24.6. The number of ether oxygens (including phenoxy) is 1. The van der Waals surface area contributed by atoms with E-state index < -0.39 is 0 Å². The molecule has 2 aliphatic rings. The molecule has 0 spiro atoms. The van der Waals surface area contributed by atoms with Gasteiger partial charge in [-0.05, 0) is 11.1 Å². The first-order valence-electron chi connectivity index (χ1n) is 10.3. The van der Waals surface area contributed by atoms with Crippen molar-refractivity contribution in [3.05, 3.63) is 71.8 Å². The molecule has 0 bridgehead atoms. The average Bonchev–Trinajstić information content (AvgIpc) is 3.18. The maximum Gasteiger partial charge on any atom is 0.318 e. The Morgan fingerprint density at radius 3 is 2.30 bits per heavy atom. The second-order valence-corrected chi connectivity index (χ2v) is 7.87. The van der Waals surface area contributed by atoms with Crippen molar-refractivity contribution in [1.29, 1.82) is 0 Å². The lowest BCUT2D eigenvalue weighted by Gasteiger charge is -2.32. The van der Waals surface area contributed by atoms with Crippen LogP contribution in [-0.2, 0) is 9.53 Å². The largest absolute Gasteiger partial charge is 0.459 e. The van der Waals surface area contributed by atoms with Crippen LogP contribution in [0.1, 0.15) is 29.9 Å². The first kappa shape index (κ1) is 18.2. The standard InChI is InChI=1S/C23H28N2O2/c26-23(27-17-16-24-14-15-25-13-7-12-21(25)18-24)22(19-8-3-1-4-9-19)20-10-5-2-6-11-20/h1-6,8-11,21-22H,7,12-18H2/p+2. The summed E-state index contributed by atoms with van der Waals surface area (Å²) < 4.78 is 5.76. The SMILES string of the molecule is O=C(OCC[NH+]1CC[NH+]2CCCC2C1)C(c1ccccc1)c1ccccc1. The van der Waals surface area contributed by atoms with Gasteiger partial charge in [-0.15, -0.1) is 0 Å². The Morgan fingerprint density at radius 1 is 0.963 bits per heavy atom. The van der Waals surface area contributed by atoms with Crippen molar-refractivity contribution in [2.24, 2.45) is 0 Å². The van der Waals surface area contributed by atoms with Gasteiger partial charge in [0.05, 0.1) is 6.54 Å². The molecule has 0 saturated carbocycles. The van der Waals surface area contributed by atoms with E-state index in [1.54, 1.807) is 9.80 Å². The fourth-order valence-electron chi connectivity index (χ4n) is 4.71. The fraction of sp³-hybridized carbons (Fsp3) is 0.435. The molecular formula is C23H30N2O2+2. The molecule has 3 atom stereocenters. The number of hydrogen-bond donors (Lipinski definition) is 2. The number of hydrogen-bond acceptors (Lipinski definition) is 2. The zero-order valence-corrected chi connectivity index (χ0v) is 15.9. The van der Waals surface area contributed by atoms with E-state index in [2.05, 4.69) is 0 Å². The summed E-state index contributed by atoms with van der Waals surface area (Å²) in [5.74, 6) is -0.490. The van der Waals surface area contributed by atoms with Gasteiger partial charge in [0.15, 0.2) is 0 Å². The average molecular weight is 367 g/mol. The molecule has 27 heavy (non-hydrogen) atoms. The minimum Gasteiger partial charge on any atom is -0.459 e. The summed E-state index contributed by atoms with van der Waals surface area (Å²) in [7, 11) is 0. The Hall–Kier alpha value is -2.17. The van der Waals surface area contributed by atoms with E-state index in [1.165, 1.54) is 39.0 Å². The first-order valence-corrected chi connectivity index (χ1v) is 10.3. The molecule has 3 unspecified atom stereocenters. The molecule has 2 aliphatic heterocycles. The summed E-state index contributed by atoms with van der Waals surface area (Å²) in [4.78, 5) is 16.3. The van der Waals surface area contributed by atoms with Gasteiger partial charge in [-0.25, -0.2) is 0 Å². The Labute approximate surface area is 161 Å². The maximum atomic E-state index is 12.9. The number of piperazine rings is 1. The van der Waals surface area contributed by atoms with Gasteiger partial charge >= 0.3 is 5.97 Å². The van der Waals surface area contributed by atoms with Gasteiger partial charge in [0.25, 0.3) is 0 Å². The number of quaternary nitrogens is 2. The van der Waals surface area contributed by atoms with E-state index in [9.17, 15) is 4.79 Å². The van der Waals surface area contributed by atoms with E-state index in [4.69, 9.17) is 4.74 Å². The Balaban J connectivity index is 1.36. The van der Waals surface area contributed by atoms with Crippen LogP contribution in [0.3, 0.4) is 0 Å². The van der Waals surface area contributed by atoms with Gasteiger partial charge in [0, 0.05) is 12.8 Å². The molecule has 2 aromatic rings. The number of benzene rings is 2. The van der Waals surface area contributed by atoms with E-state index in [0.29, 0.717) is 6.61 Å². The van der Waals surface area contributed by atoms with E-state index in [-0.39, 0.29) is 11.9 Å². The highest BCUT2D eigenvalue weighted by Crippen LogP contribution is 2.25. The zero-order chi connectivity index (χ0) is 18.5. The lowest BCUT2D eigenvalue weighted by Crippen LogP contribution is -3.29. The molecule has 4 nitrogen and oxygen atoms in total. The van der Waals surface area contributed by atoms with Crippen LogP contribution >= 0.6 is 0 Å². The van der Waals surface area contributed by atoms with E-state index in [1.807, 2.05) is 60.7 Å². The molecule has 0 amide bonds. The molecule has 0 aromatic heterocycles. The van der Waals surface area contributed by atoms with Crippen molar-refractivity contribution in [2.75, 3.05) is 39.3 Å². The van der Waals surface area contributed by atoms with Crippen molar-refractivity contribution < 1.29 is 19.3 Å². The third-order valence-electron chi connectivity index (χ3n) is 6.16. The Morgan fingerprint density at radius 2 is 1.63 bits per heavy atom. The Bertz CT molecular complexity index is 695. The van der Waals surface area contributed by atoms with Crippen molar-refractivity contribution in [1.82, 2.24) is 0 Å². The van der Waals surface area contributed by atoms with Gasteiger partial charge < -0.3 is 14.5 Å². The molecule has 2 aromatic carbocycles. The zero-order valence-electron chi connectivity index (χ0n) is 15.9. The van der Waals surface area contributed by atoms with Crippen molar-refractivity contribution in [2.45, 2.75) is 24.8 Å². The van der Waals surface area contributed by atoms with Gasteiger partial charge in [-0.1, -0.05) is 60.7 Å². The van der Waals surface area contributed by atoms with Crippen LogP contribution in [0.5, 0.6) is 0 Å². The van der Waals surface area contributed by atoms with E-state index in [0.717, 1.165) is 23.7 Å². The molecule has 4 rings (SSSR count). The lowest BCUT2D eigenvalue weighted by molar-refractivity contribution is -1.02. The quantitative estimate of drug-likeness (QED) is 0.722. The topological polar surface area (TPSA) is 35.2 Å². The molecule has 4 heteroatoms. The van der Waals surface area contributed by atoms with Crippen LogP contribution < -0.4 is 9.80 Å². The minimum absolute atomic E-state index is 0.142. The second kappa shape index (κ2) is 8.68. The first-order chi connectivity index (χ1) is 13.3. The molecule has 2 fully saturated rings. The summed E-state index contributed by atoms with van der Waals surface area (Å²) >= 11 is 0. The van der Waals surface area contributed by atoms with E-state index >= 15 is 0 Å². The summed E-state index contributed by atoms with van der Waals surface area (Å²) in [6.07, 6.45) is 2.74. The highest BCUT2D eigenvalue weighted by atomic mass is 16.5. The smallest absolute Gasteiger partial charge is 0.318 e. The minimum atomic E-state index is -0.349. The third-order valence-corrected chi connectivity index (χ3v) is 6.16. The lowest BCUT2D eigenvalue weighted by atomic mass is 9.91. The molecule has 0 aliphatic carbocycles. The van der Waals surface area contributed by atoms with Crippen LogP contribution in [0.2, 0.25) is 0 Å². The number of carbonyl (C=O) groups is 1. The second-order valence-electron chi connectivity index (χ2n) is 7.87. The number of esters is 1. The number of rotatable bonds is 6. The van der Waals surface area contributed by atoms with Crippen LogP contribution in [0.25, 0.3) is 0 Å². The highest BCUT2D eigenvalue weighted by molar-refractivity contribution is 5.82. The van der Waals surface area contributed by atoms with Crippen LogP contribution in [0, 0.1) is 0 Å². The van der Waals surface area contributed by atoms with Gasteiger partial charge in [-0.2, -0.15) is 0 Å². The monoisotopic (exact) mass is 366 g/mol. The summed E-state index contributed by atoms with van der Waals surface area (Å²) in [6.45, 7) is 6.48. The molecular weight excluding hydrogens is 336 g/mol. The van der Waals surface area contributed by atoms with Crippen molar-refractivity contribution in [3.63, 3.8) is 0 Å². The summed E-state index contributed by atoms with van der Waals surface area (Å²) in [5.41, 5.74) is 1.98. The van der Waals surface area contributed by atoms with Crippen LogP contribution in [0.15, 0.2) is 60.7 Å². The Kier molecular flexibility index (Phi) is 5.85. The fourth-order valence-corrected chi connectivity index (χ4v) is 4.71. The molecule has 142 valence electrons. The van der Waals surface area contributed by atoms with Gasteiger partial charge in [-0.3, -0.25) is 4.79 Å². The molecule has 2 heterocycles. The van der Waals surface area contributed by atoms with Gasteiger partial charge in [0.2, 0.25) is 0 Å². The predicted octanol–water partition coefficient (Wildman–Crippen LogP) is 0.308. The molecule has 2 N–H and O–H groups in total.